The zero-order chi connectivity index (χ0) is 32.6. The first-order chi connectivity index (χ1) is 22.3. The first-order valence-electron chi connectivity index (χ1n) is 16.7. The number of aliphatic imine (C=N–C) groups is 1. The van der Waals surface area contributed by atoms with Crippen molar-refractivity contribution in [1.29, 1.82) is 5.26 Å². The quantitative estimate of drug-likeness (QED) is 0.221. The zero-order valence-corrected chi connectivity index (χ0v) is 28.8. The van der Waals surface area contributed by atoms with Crippen molar-refractivity contribution in [3.05, 3.63) is 63.3 Å². The second-order valence-corrected chi connectivity index (χ2v) is 13.6. The first-order valence-corrected chi connectivity index (χ1v) is 17.5. The van der Waals surface area contributed by atoms with Gasteiger partial charge >= 0.3 is 0 Å². The molecule has 46 heavy (non-hydrogen) atoms. The number of rotatable bonds is 13. The Hall–Kier alpha value is -3.48. The van der Waals surface area contributed by atoms with E-state index in [1.165, 1.54) is 25.7 Å². The van der Waals surface area contributed by atoms with E-state index in [1.807, 2.05) is 50.2 Å². The Balaban J connectivity index is 1.32. The Bertz CT molecular complexity index is 1540. The number of carbonyl (C=O) groups is 2. The molecule has 5 rings (SSSR count). The minimum absolute atomic E-state index is 0.0673. The summed E-state index contributed by atoms with van der Waals surface area (Å²) in [5.74, 6) is 1.10. The number of nitrogens with one attached hydrogen (secondary N) is 2. The number of allylic oxidation sites excluding steroid dienone is 2. The van der Waals surface area contributed by atoms with Gasteiger partial charge in [-0.15, -0.1) is 0 Å². The molecule has 0 aromatic heterocycles. The van der Waals surface area contributed by atoms with Crippen molar-refractivity contribution in [1.82, 2.24) is 5.32 Å². The van der Waals surface area contributed by atoms with E-state index in [9.17, 15) is 14.9 Å². The molecule has 1 saturated carbocycles. The summed E-state index contributed by atoms with van der Waals surface area (Å²) in [6.45, 7) is 7.78. The molecule has 1 fully saturated rings. The molecular weight excluding hydrogens is 644 g/mol. The Morgan fingerprint density at radius 3 is 2.65 bits per heavy atom. The summed E-state index contributed by atoms with van der Waals surface area (Å²) in [4.78, 5) is 30.9. The molecular formula is C37H45BrN4O4. The highest BCUT2D eigenvalue weighted by Crippen LogP contribution is 2.48. The highest BCUT2D eigenvalue weighted by atomic mass is 79.9. The van der Waals surface area contributed by atoms with E-state index in [1.54, 1.807) is 0 Å². The maximum atomic E-state index is 13.6. The number of Topliss-reactive ketones (excluding diaryl/α,β-unsaturated/α-hetero) is 1. The van der Waals surface area contributed by atoms with E-state index >= 15 is 0 Å². The molecule has 0 spiro atoms. The Kier molecular flexibility index (Phi) is 11.7. The Labute approximate surface area is 281 Å². The largest absolute Gasteiger partial charge is 0.490 e. The number of ether oxygens (including phenoxy) is 2. The SMILES string of the molecule is CCCC1CC(=O)C2=C(C1)N=C(C)C(C#N)C2c1cc(Br)c(OCc2cccc(NC(=O)CNCC3CCCC3)c2)c(OCC)c1. The number of hydrogen-bond acceptors (Lipinski definition) is 7. The number of ketones is 1. The molecule has 1 amide bonds. The number of amides is 1. The van der Waals surface area contributed by atoms with Crippen LogP contribution in [0.15, 0.2) is 57.1 Å². The van der Waals surface area contributed by atoms with Crippen LogP contribution in [-0.4, -0.2) is 37.1 Å². The predicted octanol–water partition coefficient (Wildman–Crippen LogP) is 7.88. The summed E-state index contributed by atoms with van der Waals surface area (Å²) < 4.78 is 13.1. The Morgan fingerprint density at radius 2 is 1.91 bits per heavy atom. The molecule has 9 heteroatoms. The van der Waals surface area contributed by atoms with Crippen LogP contribution in [0.2, 0.25) is 0 Å². The summed E-state index contributed by atoms with van der Waals surface area (Å²) in [6, 6.07) is 13.9. The third kappa shape index (κ3) is 8.08. The second-order valence-electron chi connectivity index (χ2n) is 12.8. The van der Waals surface area contributed by atoms with Crippen LogP contribution in [0.4, 0.5) is 5.69 Å². The molecule has 3 aliphatic rings. The molecule has 8 nitrogen and oxygen atoms in total. The minimum atomic E-state index is -0.547. The molecule has 3 unspecified atom stereocenters. The maximum Gasteiger partial charge on any atom is 0.238 e. The molecule has 1 aliphatic heterocycles. The van der Waals surface area contributed by atoms with Crippen molar-refractivity contribution >= 4 is 39.0 Å². The molecule has 2 aromatic carbocycles. The maximum absolute atomic E-state index is 13.6. The van der Waals surface area contributed by atoms with Crippen LogP contribution in [0.5, 0.6) is 11.5 Å². The predicted molar refractivity (Wildman–Crippen MR) is 184 cm³/mol. The van der Waals surface area contributed by atoms with Crippen LogP contribution in [0.3, 0.4) is 0 Å². The van der Waals surface area contributed by atoms with Crippen LogP contribution in [0, 0.1) is 29.1 Å². The lowest BCUT2D eigenvalue weighted by Gasteiger charge is -2.35. The number of carbonyl (C=O) groups excluding carboxylic acids is 2. The van der Waals surface area contributed by atoms with Gasteiger partial charge in [-0.05, 0) is 109 Å². The molecule has 2 aromatic rings. The summed E-state index contributed by atoms with van der Waals surface area (Å²) in [6.07, 6.45) is 8.33. The van der Waals surface area contributed by atoms with Gasteiger partial charge in [0.25, 0.3) is 0 Å². The number of nitrogens with zero attached hydrogens (tertiary/aromatic N) is 2. The van der Waals surface area contributed by atoms with E-state index in [0.29, 0.717) is 52.1 Å². The fourth-order valence-corrected chi connectivity index (χ4v) is 7.73. The molecule has 3 atom stereocenters. The van der Waals surface area contributed by atoms with E-state index in [4.69, 9.17) is 14.5 Å². The van der Waals surface area contributed by atoms with Gasteiger partial charge in [-0.25, -0.2) is 0 Å². The van der Waals surface area contributed by atoms with Crippen molar-refractivity contribution in [2.45, 2.75) is 84.7 Å². The molecule has 2 N–H and O–H groups in total. The highest BCUT2D eigenvalue weighted by Gasteiger charge is 2.41. The summed E-state index contributed by atoms with van der Waals surface area (Å²) in [5, 5.41) is 16.5. The van der Waals surface area contributed by atoms with Crippen LogP contribution >= 0.6 is 15.9 Å². The second kappa shape index (κ2) is 15.9. The van der Waals surface area contributed by atoms with Gasteiger partial charge in [-0.3, -0.25) is 14.6 Å². The highest BCUT2D eigenvalue weighted by molar-refractivity contribution is 9.10. The average molecular weight is 690 g/mol. The standard InChI is InChI=1S/C37H45BrN4O4/c1-4-9-25-15-31-36(32(43)16-25)35(29(19-39)23(3)41-31)27-17-30(38)37(33(18-27)45-5-2)46-22-26-12-8-13-28(14-26)42-34(44)21-40-20-24-10-6-7-11-24/h8,12-14,17-18,24-25,29,35,40H,4-7,9-11,15-16,20-22H2,1-3H3,(H,42,44). The smallest absolute Gasteiger partial charge is 0.238 e. The van der Waals surface area contributed by atoms with E-state index in [0.717, 1.165) is 48.3 Å². The summed E-state index contributed by atoms with van der Waals surface area (Å²) in [5.41, 5.74) is 4.66. The number of nitriles is 1. The first kappa shape index (κ1) is 33.9. The number of hydrogen-bond donors (Lipinski definition) is 2. The number of anilines is 1. The third-order valence-corrected chi connectivity index (χ3v) is 9.88. The molecule has 2 aliphatic carbocycles. The molecule has 0 bridgehead atoms. The molecule has 0 saturated heterocycles. The number of halogens is 1. The average Bonchev–Trinajstić information content (AvgIpc) is 3.54. The van der Waals surface area contributed by atoms with Crippen molar-refractivity contribution in [3.8, 4) is 17.6 Å². The van der Waals surface area contributed by atoms with Gasteiger partial charge in [0, 0.05) is 35.0 Å². The van der Waals surface area contributed by atoms with Gasteiger partial charge in [0.2, 0.25) is 5.91 Å². The third-order valence-electron chi connectivity index (χ3n) is 9.29. The lowest BCUT2D eigenvalue weighted by Crippen LogP contribution is -2.32. The lowest BCUT2D eigenvalue weighted by atomic mass is 9.70. The van der Waals surface area contributed by atoms with E-state index < -0.39 is 11.8 Å². The van der Waals surface area contributed by atoms with Gasteiger partial charge in [0.1, 0.15) is 6.61 Å². The Morgan fingerprint density at radius 1 is 1.11 bits per heavy atom. The summed E-state index contributed by atoms with van der Waals surface area (Å²) in [7, 11) is 0. The van der Waals surface area contributed by atoms with Crippen molar-refractivity contribution in [2.75, 3.05) is 25.0 Å². The van der Waals surface area contributed by atoms with Crippen LogP contribution in [0.1, 0.15) is 89.2 Å². The van der Waals surface area contributed by atoms with Gasteiger partial charge in [-0.1, -0.05) is 38.3 Å². The number of benzene rings is 2. The van der Waals surface area contributed by atoms with Crippen LogP contribution in [0.25, 0.3) is 0 Å². The molecule has 1 heterocycles. The zero-order valence-electron chi connectivity index (χ0n) is 27.2. The summed E-state index contributed by atoms with van der Waals surface area (Å²) >= 11 is 3.71. The van der Waals surface area contributed by atoms with Gasteiger partial charge < -0.3 is 20.1 Å². The topological polar surface area (TPSA) is 113 Å². The van der Waals surface area contributed by atoms with Crippen LogP contribution in [-0.2, 0) is 16.2 Å². The van der Waals surface area contributed by atoms with E-state index in [-0.39, 0.29) is 24.8 Å². The monoisotopic (exact) mass is 688 g/mol. The minimum Gasteiger partial charge on any atom is -0.490 e. The van der Waals surface area contributed by atoms with Gasteiger partial charge in [-0.2, -0.15) is 5.26 Å². The van der Waals surface area contributed by atoms with Crippen molar-refractivity contribution in [2.24, 2.45) is 22.7 Å². The molecule has 0 radical (unpaired) electrons. The van der Waals surface area contributed by atoms with Gasteiger partial charge in [0.05, 0.1) is 29.6 Å². The molecule has 244 valence electrons. The normalized spacial score (nSPS) is 21.4. The fourth-order valence-electron chi connectivity index (χ4n) is 7.15. The fraction of sp³-hybridized carbons (Fsp3) is 0.514. The van der Waals surface area contributed by atoms with E-state index in [2.05, 4.69) is 39.6 Å². The van der Waals surface area contributed by atoms with Crippen LogP contribution < -0.4 is 20.1 Å². The van der Waals surface area contributed by atoms with Gasteiger partial charge in [0.15, 0.2) is 17.3 Å². The van der Waals surface area contributed by atoms with Crippen molar-refractivity contribution in [3.63, 3.8) is 0 Å². The lowest BCUT2D eigenvalue weighted by molar-refractivity contribution is -0.117. The van der Waals surface area contributed by atoms with Crippen molar-refractivity contribution < 1.29 is 19.1 Å².